The monoisotopic (exact) mass is 289 g/mol. The van der Waals surface area contributed by atoms with E-state index in [9.17, 15) is 14.7 Å². The molecule has 0 aliphatic heterocycles. The molecule has 2 atom stereocenters. The molecule has 1 fully saturated rings. The molecule has 1 saturated carbocycles. The molecule has 0 aromatic heterocycles. The predicted octanol–water partition coefficient (Wildman–Crippen LogP) is 2.93. The first-order chi connectivity index (χ1) is 9.77. The molecule has 114 valence electrons. The highest BCUT2D eigenvalue weighted by Crippen LogP contribution is 2.43. The molecular formula is C17H23NO3. The summed E-state index contributed by atoms with van der Waals surface area (Å²) in [5.41, 5.74) is -0.876. The molecule has 0 saturated heterocycles. The predicted molar refractivity (Wildman–Crippen MR) is 80.7 cm³/mol. The average molecular weight is 289 g/mol. The van der Waals surface area contributed by atoms with Crippen LogP contribution in [0.25, 0.3) is 0 Å². The normalized spacial score (nSPS) is 23.3. The van der Waals surface area contributed by atoms with Crippen molar-refractivity contribution in [3.05, 3.63) is 35.9 Å². The summed E-state index contributed by atoms with van der Waals surface area (Å²) >= 11 is 0. The number of carbonyl (C=O) groups excluding carboxylic acids is 1. The van der Waals surface area contributed by atoms with Gasteiger partial charge in [-0.15, -0.1) is 0 Å². The van der Waals surface area contributed by atoms with Gasteiger partial charge in [0.2, 0.25) is 5.91 Å². The summed E-state index contributed by atoms with van der Waals surface area (Å²) in [6.07, 6.45) is 2.84. The molecule has 2 N–H and O–H groups in total. The zero-order valence-corrected chi connectivity index (χ0v) is 12.8. The highest BCUT2D eigenvalue weighted by molar-refractivity contribution is 5.89. The summed E-state index contributed by atoms with van der Waals surface area (Å²) < 4.78 is 0. The Labute approximate surface area is 125 Å². The Balaban J connectivity index is 2.25. The number of aliphatic carboxylic acids is 1. The number of hydrogen-bond donors (Lipinski definition) is 2. The van der Waals surface area contributed by atoms with Crippen LogP contribution in [-0.2, 0) is 15.1 Å². The molecule has 0 radical (unpaired) electrons. The van der Waals surface area contributed by atoms with Gasteiger partial charge in [0.25, 0.3) is 0 Å². The van der Waals surface area contributed by atoms with Crippen molar-refractivity contribution in [1.82, 2.24) is 5.32 Å². The molecule has 4 nitrogen and oxygen atoms in total. The molecule has 1 aliphatic rings. The van der Waals surface area contributed by atoms with E-state index in [2.05, 4.69) is 19.2 Å². The van der Waals surface area contributed by atoms with Crippen molar-refractivity contribution in [2.24, 2.45) is 11.3 Å². The maximum atomic E-state index is 12.6. The number of hydrogen-bond acceptors (Lipinski definition) is 2. The second-order valence-corrected chi connectivity index (χ2v) is 6.72. The number of benzene rings is 1. The largest absolute Gasteiger partial charge is 0.479 e. The van der Waals surface area contributed by atoms with Crippen LogP contribution in [-0.4, -0.2) is 17.0 Å². The van der Waals surface area contributed by atoms with E-state index >= 15 is 0 Å². The lowest BCUT2D eigenvalue weighted by atomic mass is 9.80. The number of carboxylic acid groups (broad SMARTS) is 1. The van der Waals surface area contributed by atoms with E-state index in [-0.39, 0.29) is 17.2 Å². The first kappa shape index (κ1) is 15.5. The quantitative estimate of drug-likeness (QED) is 0.895. The maximum Gasteiger partial charge on any atom is 0.333 e. The minimum Gasteiger partial charge on any atom is -0.479 e. The molecule has 1 aromatic rings. The summed E-state index contributed by atoms with van der Waals surface area (Å²) in [4.78, 5) is 24.3. The van der Waals surface area contributed by atoms with Gasteiger partial charge in [-0.3, -0.25) is 4.79 Å². The zero-order chi connectivity index (χ0) is 15.7. The Morgan fingerprint density at radius 3 is 2.38 bits per heavy atom. The molecule has 1 amide bonds. The SMILES string of the molecule is CC(NC(=O)C1CCCC1(C)C)(C(=O)O)c1ccccc1. The zero-order valence-electron chi connectivity index (χ0n) is 12.8. The standard InChI is InChI=1S/C17H23NO3/c1-16(2)11-7-10-13(16)14(19)18-17(3,15(20)21)12-8-5-4-6-9-12/h4-6,8-9,13H,7,10-11H2,1-3H3,(H,18,19)(H,20,21). The minimum absolute atomic E-state index is 0.0693. The molecule has 0 bridgehead atoms. The summed E-state index contributed by atoms with van der Waals surface area (Å²) in [6.45, 7) is 5.69. The van der Waals surface area contributed by atoms with E-state index < -0.39 is 11.5 Å². The van der Waals surface area contributed by atoms with Gasteiger partial charge in [-0.2, -0.15) is 0 Å². The van der Waals surface area contributed by atoms with Crippen LogP contribution in [0, 0.1) is 11.3 Å². The fraction of sp³-hybridized carbons (Fsp3) is 0.529. The van der Waals surface area contributed by atoms with Gasteiger partial charge in [0.1, 0.15) is 0 Å². The highest BCUT2D eigenvalue weighted by atomic mass is 16.4. The van der Waals surface area contributed by atoms with Crippen molar-refractivity contribution in [1.29, 1.82) is 0 Å². The van der Waals surface area contributed by atoms with Gasteiger partial charge in [0.05, 0.1) is 0 Å². The van der Waals surface area contributed by atoms with Crippen molar-refractivity contribution in [3.8, 4) is 0 Å². The van der Waals surface area contributed by atoms with Crippen LogP contribution in [0.4, 0.5) is 0 Å². The number of nitrogens with one attached hydrogen (secondary N) is 1. The average Bonchev–Trinajstić information content (AvgIpc) is 2.79. The lowest BCUT2D eigenvalue weighted by Gasteiger charge is -2.32. The lowest BCUT2D eigenvalue weighted by Crippen LogP contribution is -2.52. The van der Waals surface area contributed by atoms with Crippen LogP contribution >= 0.6 is 0 Å². The Bertz CT molecular complexity index is 538. The molecule has 0 spiro atoms. The third-order valence-electron chi connectivity index (χ3n) is 4.73. The fourth-order valence-corrected chi connectivity index (χ4v) is 3.17. The number of carbonyl (C=O) groups is 2. The van der Waals surface area contributed by atoms with E-state index in [0.717, 1.165) is 19.3 Å². The van der Waals surface area contributed by atoms with E-state index in [1.165, 1.54) is 0 Å². The van der Waals surface area contributed by atoms with Crippen molar-refractivity contribution in [2.75, 3.05) is 0 Å². The molecule has 4 heteroatoms. The van der Waals surface area contributed by atoms with Crippen LogP contribution in [0.1, 0.15) is 45.6 Å². The molecule has 0 heterocycles. The first-order valence-corrected chi connectivity index (χ1v) is 7.38. The molecule has 1 aromatic carbocycles. The van der Waals surface area contributed by atoms with Gasteiger partial charge in [-0.05, 0) is 30.7 Å². The van der Waals surface area contributed by atoms with Gasteiger partial charge in [0.15, 0.2) is 5.54 Å². The molecule has 1 aliphatic carbocycles. The van der Waals surface area contributed by atoms with Crippen LogP contribution in [0.3, 0.4) is 0 Å². The van der Waals surface area contributed by atoms with Crippen LogP contribution in [0.5, 0.6) is 0 Å². The van der Waals surface area contributed by atoms with E-state index in [0.29, 0.717) is 5.56 Å². The Hall–Kier alpha value is -1.84. The number of carboxylic acids is 1. The van der Waals surface area contributed by atoms with Crippen molar-refractivity contribution < 1.29 is 14.7 Å². The van der Waals surface area contributed by atoms with Crippen LogP contribution in [0.2, 0.25) is 0 Å². The van der Waals surface area contributed by atoms with Gasteiger partial charge in [-0.25, -0.2) is 4.79 Å². The Kier molecular flexibility index (Phi) is 4.08. The van der Waals surface area contributed by atoms with Crippen LogP contribution < -0.4 is 5.32 Å². The molecule has 2 rings (SSSR count). The molecule has 2 unspecified atom stereocenters. The van der Waals surface area contributed by atoms with E-state index in [4.69, 9.17) is 0 Å². The molecule has 21 heavy (non-hydrogen) atoms. The van der Waals surface area contributed by atoms with Crippen molar-refractivity contribution in [3.63, 3.8) is 0 Å². The summed E-state index contributed by atoms with van der Waals surface area (Å²) in [5.74, 6) is -1.33. The van der Waals surface area contributed by atoms with Gasteiger partial charge in [-0.1, -0.05) is 50.6 Å². The second kappa shape index (κ2) is 5.51. The minimum atomic E-state index is -1.39. The van der Waals surface area contributed by atoms with Gasteiger partial charge >= 0.3 is 5.97 Å². The van der Waals surface area contributed by atoms with Crippen molar-refractivity contribution in [2.45, 2.75) is 45.6 Å². The van der Waals surface area contributed by atoms with Crippen molar-refractivity contribution >= 4 is 11.9 Å². The fourth-order valence-electron chi connectivity index (χ4n) is 3.17. The third kappa shape index (κ3) is 2.94. The highest BCUT2D eigenvalue weighted by Gasteiger charge is 2.44. The Morgan fingerprint density at radius 2 is 1.90 bits per heavy atom. The van der Waals surface area contributed by atoms with Gasteiger partial charge < -0.3 is 10.4 Å². The lowest BCUT2D eigenvalue weighted by molar-refractivity contribution is -0.148. The second-order valence-electron chi connectivity index (χ2n) is 6.72. The van der Waals surface area contributed by atoms with E-state index in [1.807, 2.05) is 6.07 Å². The molecular weight excluding hydrogens is 266 g/mol. The van der Waals surface area contributed by atoms with Gasteiger partial charge in [0, 0.05) is 5.92 Å². The summed E-state index contributed by atoms with van der Waals surface area (Å²) in [6, 6.07) is 8.85. The summed E-state index contributed by atoms with van der Waals surface area (Å²) in [7, 11) is 0. The topological polar surface area (TPSA) is 66.4 Å². The Morgan fingerprint density at radius 1 is 1.29 bits per heavy atom. The first-order valence-electron chi connectivity index (χ1n) is 7.38. The third-order valence-corrected chi connectivity index (χ3v) is 4.73. The van der Waals surface area contributed by atoms with Crippen LogP contribution in [0.15, 0.2) is 30.3 Å². The maximum absolute atomic E-state index is 12.6. The van der Waals surface area contributed by atoms with E-state index in [1.54, 1.807) is 31.2 Å². The number of amides is 1. The number of rotatable bonds is 4. The smallest absolute Gasteiger partial charge is 0.333 e. The summed E-state index contributed by atoms with van der Waals surface area (Å²) in [5, 5.41) is 12.4.